The SMILES string of the molecule is CC(Cc1ccsc1C(=O)O)C(F)(F)F. The maximum atomic E-state index is 12.2. The van der Waals surface area contributed by atoms with Gasteiger partial charge in [-0.15, -0.1) is 11.3 Å². The Bertz CT molecular complexity index is 356. The molecule has 0 radical (unpaired) electrons. The number of hydrogen-bond donors (Lipinski definition) is 1. The van der Waals surface area contributed by atoms with Gasteiger partial charge in [-0.05, 0) is 23.4 Å². The Morgan fingerprint density at radius 3 is 2.67 bits per heavy atom. The van der Waals surface area contributed by atoms with Crippen molar-refractivity contribution in [1.82, 2.24) is 0 Å². The largest absolute Gasteiger partial charge is 0.477 e. The molecular weight excluding hydrogens is 229 g/mol. The van der Waals surface area contributed by atoms with Crippen LogP contribution in [-0.4, -0.2) is 17.3 Å². The summed E-state index contributed by atoms with van der Waals surface area (Å²) in [5, 5.41) is 10.2. The summed E-state index contributed by atoms with van der Waals surface area (Å²) in [4.78, 5) is 10.6. The van der Waals surface area contributed by atoms with Gasteiger partial charge in [0, 0.05) is 0 Å². The number of rotatable bonds is 3. The molecule has 0 aliphatic carbocycles. The predicted molar refractivity (Wildman–Crippen MR) is 50.2 cm³/mol. The molecule has 1 rings (SSSR count). The summed E-state index contributed by atoms with van der Waals surface area (Å²) < 4.78 is 36.7. The molecule has 1 aromatic rings. The fraction of sp³-hybridized carbons (Fsp3) is 0.444. The Kier molecular flexibility index (Phi) is 3.38. The van der Waals surface area contributed by atoms with Crippen LogP contribution in [0.4, 0.5) is 13.2 Å². The van der Waals surface area contributed by atoms with E-state index in [9.17, 15) is 18.0 Å². The van der Waals surface area contributed by atoms with Crippen LogP contribution in [-0.2, 0) is 6.42 Å². The van der Waals surface area contributed by atoms with Crippen LogP contribution in [0.1, 0.15) is 22.2 Å². The van der Waals surface area contributed by atoms with Gasteiger partial charge in [0.05, 0.1) is 5.92 Å². The second-order valence-corrected chi connectivity index (χ2v) is 4.14. The molecule has 1 unspecified atom stereocenters. The molecule has 0 bridgehead atoms. The molecule has 1 aromatic heterocycles. The number of halogens is 3. The summed E-state index contributed by atoms with van der Waals surface area (Å²) in [7, 11) is 0. The van der Waals surface area contributed by atoms with Gasteiger partial charge in [-0.1, -0.05) is 6.92 Å². The van der Waals surface area contributed by atoms with E-state index in [1.807, 2.05) is 0 Å². The van der Waals surface area contributed by atoms with E-state index in [-0.39, 0.29) is 16.9 Å². The van der Waals surface area contributed by atoms with Crippen molar-refractivity contribution in [3.8, 4) is 0 Å². The van der Waals surface area contributed by atoms with Gasteiger partial charge in [0.25, 0.3) is 0 Å². The average molecular weight is 238 g/mol. The quantitative estimate of drug-likeness (QED) is 0.878. The van der Waals surface area contributed by atoms with Crippen molar-refractivity contribution >= 4 is 17.3 Å². The fourth-order valence-electron chi connectivity index (χ4n) is 1.13. The second kappa shape index (κ2) is 4.22. The van der Waals surface area contributed by atoms with Gasteiger partial charge in [-0.3, -0.25) is 0 Å². The van der Waals surface area contributed by atoms with Crippen molar-refractivity contribution in [2.45, 2.75) is 19.5 Å². The smallest absolute Gasteiger partial charge is 0.391 e. The van der Waals surface area contributed by atoms with Crippen molar-refractivity contribution in [2.75, 3.05) is 0 Å². The predicted octanol–water partition coefficient (Wildman–Crippen LogP) is 3.19. The van der Waals surface area contributed by atoms with Gasteiger partial charge in [0.15, 0.2) is 0 Å². The highest BCUT2D eigenvalue weighted by atomic mass is 32.1. The summed E-state index contributed by atoms with van der Waals surface area (Å²) in [6.07, 6.45) is -4.56. The minimum atomic E-state index is -4.28. The highest BCUT2D eigenvalue weighted by Gasteiger charge is 2.36. The molecule has 1 heterocycles. The Hall–Kier alpha value is -1.04. The van der Waals surface area contributed by atoms with Gasteiger partial charge >= 0.3 is 12.1 Å². The van der Waals surface area contributed by atoms with E-state index in [0.29, 0.717) is 0 Å². The Labute approximate surface area is 88.3 Å². The van der Waals surface area contributed by atoms with E-state index in [1.54, 1.807) is 0 Å². The Morgan fingerprint density at radius 2 is 2.20 bits per heavy atom. The molecule has 0 saturated carbocycles. The fourth-order valence-corrected chi connectivity index (χ4v) is 1.90. The van der Waals surface area contributed by atoms with E-state index in [0.717, 1.165) is 18.3 Å². The lowest BCUT2D eigenvalue weighted by Gasteiger charge is -2.14. The number of carboxylic acids is 1. The molecule has 1 N–H and O–H groups in total. The van der Waals surface area contributed by atoms with E-state index in [4.69, 9.17) is 5.11 Å². The molecule has 0 fully saturated rings. The number of thiophene rings is 1. The topological polar surface area (TPSA) is 37.3 Å². The summed E-state index contributed by atoms with van der Waals surface area (Å²) in [5.74, 6) is -2.69. The van der Waals surface area contributed by atoms with E-state index in [1.165, 1.54) is 11.4 Å². The number of carbonyl (C=O) groups is 1. The first-order chi connectivity index (χ1) is 6.82. The summed E-state index contributed by atoms with van der Waals surface area (Å²) in [6, 6.07) is 1.43. The van der Waals surface area contributed by atoms with Crippen molar-refractivity contribution in [2.24, 2.45) is 5.92 Å². The van der Waals surface area contributed by atoms with Crippen LogP contribution in [0.15, 0.2) is 11.4 Å². The molecule has 6 heteroatoms. The summed E-state index contributed by atoms with van der Waals surface area (Å²) in [6.45, 7) is 1.04. The van der Waals surface area contributed by atoms with Crippen LogP contribution in [0.5, 0.6) is 0 Å². The van der Waals surface area contributed by atoms with Crippen molar-refractivity contribution in [1.29, 1.82) is 0 Å². The summed E-state index contributed by atoms with van der Waals surface area (Å²) >= 11 is 0.943. The first-order valence-corrected chi connectivity index (χ1v) is 5.06. The maximum Gasteiger partial charge on any atom is 0.391 e. The van der Waals surface area contributed by atoms with Gasteiger partial charge in [0.1, 0.15) is 4.88 Å². The van der Waals surface area contributed by atoms with Gasteiger partial charge in [0.2, 0.25) is 0 Å². The van der Waals surface area contributed by atoms with Gasteiger partial charge < -0.3 is 5.11 Å². The van der Waals surface area contributed by atoms with Crippen molar-refractivity contribution < 1.29 is 23.1 Å². The van der Waals surface area contributed by atoms with Gasteiger partial charge in [-0.25, -0.2) is 4.79 Å². The van der Waals surface area contributed by atoms with Crippen LogP contribution in [0, 0.1) is 5.92 Å². The molecule has 0 saturated heterocycles. The van der Waals surface area contributed by atoms with E-state index >= 15 is 0 Å². The van der Waals surface area contributed by atoms with Crippen molar-refractivity contribution in [3.05, 3.63) is 21.9 Å². The summed E-state index contributed by atoms with van der Waals surface area (Å²) in [5.41, 5.74) is 0.248. The van der Waals surface area contributed by atoms with Crippen molar-refractivity contribution in [3.63, 3.8) is 0 Å². The van der Waals surface area contributed by atoms with Crippen LogP contribution < -0.4 is 0 Å². The molecule has 0 aromatic carbocycles. The van der Waals surface area contributed by atoms with Crippen LogP contribution in [0.25, 0.3) is 0 Å². The lowest BCUT2D eigenvalue weighted by molar-refractivity contribution is -0.169. The molecular formula is C9H9F3O2S. The third-order valence-corrected chi connectivity index (χ3v) is 2.97. The molecule has 0 aliphatic heterocycles. The number of carboxylic acid groups (broad SMARTS) is 1. The van der Waals surface area contributed by atoms with E-state index < -0.39 is 18.1 Å². The zero-order valence-corrected chi connectivity index (χ0v) is 8.65. The second-order valence-electron chi connectivity index (χ2n) is 3.23. The first-order valence-electron chi connectivity index (χ1n) is 4.18. The number of alkyl halides is 3. The normalized spacial score (nSPS) is 13.9. The average Bonchev–Trinajstić information content (AvgIpc) is 2.50. The highest BCUT2D eigenvalue weighted by Crippen LogP contribution is 2.30. The Balaban J connectivity index is 2.81. The molecule has 15 heavy (non-hydrogen) atoms. The number of aromatic carboxylic acids is 1. The zero-order valence-electron chi connectivity index (χ0n) is 7.84. The highest BCUT2D eigenvalue weighted by molar-refractivity contribution is 7.12. The molecule has 0 amide bonds. The monoisotopic (exact) mass is 238 g/mol. The molecule has 0 aliphatic rings. The molecule has 84 valence electrons. The maximum absolute atomic E-state index is 12.2. The van der Waals surface area contributed by atoms with Crippen LogP contribution >= 0.6 is 11.3 Å². The Morgan fingerprint density at radius 1 is 1.60 bits per heavy atom. The zero-order chi connectivity index (χ0) is 11.6. The minimum Gasteiger partial charge on any atom is -0.477 e. The first kappa shape index (κ1) is 12.0. The van der Waals surface area contributed by atoms with Crippen LogP contribution in [0.3, 0.4) is 0 Å². The third-order valence-electron chi connectivity index (χ3n) is 2.03. The third kappa shape index (κ3) is 2.95. The number of hydrogen-bond acceptors (Lipinski definition) is 2. The minimum absolute atomic E-state index is 0.00824. The lowest BCUT2D eigenvalue weighted by atomic mass is 10.0. The standard InChI is InChI=1S/C9H9F3O2S/c1-5(9(10,11)12)4-6-2-3-15-7(6)8(13)14/h2-3,5H,4H2,1H3,(H,13,14). The lowest BCUT2D eigenvalue weighted by Crippen LogP contribution is -2.22. The molecule has 1 atom stereocenters. The van der Waals surface area contributed by atoms with E-state index in [2.05, 4.69) is 0 Å². The molecule has 2 nitrogen and oxygen atoms in total. The van der Waals surface area contributed by atoms with Crippen LogP contribution in [0.2, 0.25) is 0 Å². The van der Waals surface area contributed by atoms with Gasteiger partial charge in [-0.2, -0.15) is 13.2 Å². The molecule has 0 spiro atoms.